The lowest BCUT2D eigenvalue weighted by Gasteiger charge is -2.37. The molecule has 1 atom stereocenters. The Labute approximate surface area is 148 Å². The Bertz CT molecular complexity index is 705. The molecule has 4 N–H and O–H groups in total. The minimum Gasteiger partial charge on any atom is -0.370 e. The van der Waals surface area contributed by atoms with E-state index in [4.69, 9.17) is 5.21 Å². The molecule has 0 saturated carbocycles. The zero-order chi connectivity index (χ0) is 17.7. The molecular weight excluding hydrogens is 314 g/mol. The van der Waals surface area contributed by atoms with E-state index in [0.29, 0.717) is 13.0 Å². The van der Waals surface area contributed by atoms with Gasteiger partial charge < -0.3 is 10.6 Å². The minimum atomic E-state index is -0.822. The maximum Gasteiger partial charge on any atom is 0.270 e. The molecule has 3 rings (SSSR count). The summed E-state index contributed by atoms with van der Waals surface area (Å²) in [5.41, 5.74) is 5.47. The van der Waals surface area contributed by atoms with Crippen LogP contribution >= 0.6 is 0 Å². The number of hydrogen-bond donors (Lipinski definition) is 4. The van der Waals surface area contributed by atoms with Crippen LogP contribution in [0.4, 0.5) is 5.69 Å². The molecule has 0 radical (unpaired) electrons. The van der Waals surface area contributed by atoms with E-state index in [-0.39, 0.29) is 0 Å². The average Bonchev–Trinajstić information content (AvgIpc) is 2.68. The van der Waals surface area contributed by atoms with Crippen molar-refractivity contribution in [1.82, 2.24) is 10.8 Å². The van der Waals surface area contributed by atoms with E-state index in [1.54, 1.807) is 5.48 Å². The van der Waals surface area contributed by atoms with E-state index in [1.807, 2.05) is 24.3 Å². The van der Waals surface area contributed by atoms with Crippen LogP contribution in [0, 0.1) is 0 Å². The Morgan fingerprint density at radius 3 is 2.28 bits per heavy atom. The number of hydroxylamine groups is 1. The Kier molecular flexibility index (Phi) is 5.36. The van der Waals surface area contributed by atoms with Crippen LogP contribution in [0.25, 0.3) is 11.1 Å². The highest BCUT2D eigenvalue weighted by Gasteiger charge is 2.39. The van der Waals surface area contributed by atoms with Crippen molar-refractivity contribution in [1.29, 1.82) is 0 Å². The zero-order valence-corrected chi connectivity index (χ0v) is 14.5. The van der Waals surface area contributed by atoms with Crippen LogP contribution in [0.5, 0.6) is 0 Å². The van der Waals surface area contributed by atoms with Gasteiger partial charge in [-0.05, 0) is 54.6 Å². The van der Waals surface area contributed by atoms with E-state index in [0.717, 1.165) is 30.6 Å². The summed E-state index contributed by atoms with van der Waals surface area (Å²) in [7, 11) is 0. The third-order valence-electron chi connectivity index (χ3n) is 4.88. The van der Waals surface area contributed by atoms with Gasteiger partial charge in [0.1, 0.15) is 5.54 Å². The van der Waals surface area contributed by atoms with Crippen LogP contribution in [0.15, 0.2) is 48.5 Å². The molecule has 0 bridgehead atoms. The SMILES string of the molecule is CCc1ccc(-c2ccc(NC3(C(=O)NO)CCCNC3)cc2)cc1. The molecule has 0 aromatic heterocycles. The molecule has 132 valence electrons. The van der Waals surface area contributed by atoms with Gasteiger partial charge in [-0.3, -0.25) is 10.0 Å². The van der Waals surface area contributed by atoms with Gasteiger partial charge in [0.05, 0.1) is 0 Å². The zero-order valence-electron chi connectivity index (χ0n) is 14.5. The summed E-state index contributed by atoms with van der Waals surface area (Å²) < 4.78 is 0. The molecule has 1 aliphatic rings. The van der Waals surface area contributed by atoms with Crippen molar-refractivity contribution in [3.05, 3.63) is 54.1 Å². The number of amides is 1. The third-order valence-corrected chi connectivity index (χ3v) is 4.88. The Balaban J connectivity index is 1.77. The number of anilines is 1. The Morgan fingerprint density at radius 1 is 1.12 bits per heavy atom. The van der Waals surface area contributed by atoms with Crippen molar-refractivity contribution < 1.29 is 10.0 Å². The molecule has 2 aromatic rings. The minimum absolute atomic E-state index is 0.404. The van der Waals surface area contributed by atoms with Crippen molar-refractivity contribution in [2.75, 3.05) is 18.4 Å². The van der Waals surface area contributed by atoms with Gasteiger partial charge in [0.25, 0.3) is 5.91 Å². The van der Waals surface area contributed by atoms with E-state index in [9.17, 15) is 4.79 Å². The summed E-state index contributed by atoms with van der Waals surface area (Å²) in [6.45, 7) is 3.52. The average molecular weight is 339 g/mol. The van der Waals surface area contributed by atoms with E-state index < -0.39 is 11.4 Å². The van der Waals surface area contributed by atoms with Crippen molar-refractivity contribution in [3.8, 4) is 11.1 Å². The summed E-state index contributed by atoms with van der Waals surface area (Å²) in [6.07, 6.45) is 2.58. The molecule has 1 fully saturated rings. The lowest BCUT2D eigenvalue weighted by molar-refractivity contribution is -0.134. The second-order valence-electron chi connectivity index (χ2n) is 6.56. The van der Waals surface area contributed by atoms with Gasteiger partial charge >= 0.3 is 0 Å². The molecule has 5 heteroatoms. The van der Waals surface area contributed by atoms with Crippen molar-refractivity contribution in [3.63, 3.8) is 0 Å². The number of aryl methyl sites for hydroxylation is 1. The monoisotopic (exact) mass is 339 g/mol. The number of rotatable bonds is 5. The predicted molar refractivity (Wildman–Crippen MR) is 99.6 cm³/mol. The summed E-state index contributed by atoms with van der Waals surface area (Å²) in [4.78, 5) is 12.2. The van der Waals surface area contributed by atoms with Crippen LogP contribution in [0.1, 0.15) is 25.3 Å². The predicted octanol–water partition coefficient (Wildman–Crippen LogP) is 2.96. The van der Waals surface area contributed by atoms with Gasteiger partial charge in [0.2, 0.25) is 0 Å². The van der Waals surface area contributed by atoms with E-state index >= 15 is 0 Å². The third kappa shape index (κ3) is 3.83. The van der Waals surface area contributed by atoms with Gasteiger partial charge in [-0.25, -0.2) is 5.48 Å². The van der Waals surface area contributed by atoms with Crippen LogP contribution in [0.2, 0.25) is 0 Å². The molecular formula is C20H25N3O2. The fourth-order valence-electron chi connectivity index (χ4n) is 3.32. The van der Waals surface area contributed by atoms with Crippen LogP contribution in [-0.2, 0) is 11.2 Å². The van der Waals surface area contributed by atoms with E-state index in [1.165, 1.54) is 11.1 Å². The molecule has 5 nitrogen and oxygen atoms in total. The van der Waals surface area contributed by atoms with Crippen LogP contribution in [-0.4, -0.2) is 29.7 Å². The van der Waals surface area contributed by atoms with Crippen LogP contribution < -0.4 is 16.1 Å². The quantitative estimate of drug-likeness (QED) is 0.499. The first-order valence-corrected chi connectivity index (χ1v) is 8.80. The number of nitrogens with one attached hydrogen (secondary N) is 3. The molecule has 25 heavy (non-hydrogen) atoms. The summed E-state index contributed by atoms with van der Waals surface area (Å²) in [5, 5.41) is 15.6. The largest absolute Gasteiger partial charge is 0.370 e. The second-order valence-corrected chi connectivity index (χ2v) is 6.56. The molecule has 1 amide bonds. The smallest absolute Gasteiger partial charge is 0.270 e. The van der Waals surface area contributed by atoms with Crippen LogP contribution in [0.3, 0.4) is 0 Å². The van der Waals surface area contributed by atoms with Crippen molar-refractivity contribution >= 4 is 11.6 Å². The van der Waals surface area contributed by atoms with Gasteiger partial charge in [-0.2, -0.15) is 0 Å². The van der Waals surface area contributed by atoms with Gasteiger partial charge in [-0.15, -0.1) is 0 Å². The Hall–Kier alpha value is -2.37. The van der Waals surface area contributed by atoms with Gasteiger partial charge in [0, 0.05) is 12.2 Å². The highest BCUT2D eigenvalue weighted by Crippen LogP contribution is 2.26. The summed E-state index contributed by atoms with van der Waals surface area (Å²) in [5.74, 6) is -0.404. The number of carbonyl (C=O) groups is 1. The standard InChI is InChI=1S/C20H25N3O2/c1-2-15-4-6-16(7-5-15)17-8-10-18(11-9-17)22-20(19(24)23-25)12-3-13-21-14-20/h4-11,21-22,25H,2-3,12-14H2,1H3,(H,23,24). The summed E-state index contributed by atoms with van der Waals surface area (Å²) in [6, 6.07) is 16.6. The molecule has 1 heterocycles. The first-order chi connectivity index (χ1) is 12.2. The molecule has 1 saturated heterocycles. The maximum atomic E-state index is 12.2. The number of carbonyl (C=O) groups excluding carboxylic acids is 1. The first kappa shape index (κ1) is 17.5. The number of benzene rings is 2. The first-order valence-electron chi connectivity index (χ1n) is 8.80. The lowest BCUT2D eigenvalue weighted by atomic mass is 9.88. The molecule has 1 aliphatic heterocycles. The molecule has 1 unspecified atom stereocenters. The van der Waals surface area contributed by atoms with Crippen molar-refractivity contribution in [2.24, 2.45) is 0 Å². The van der Waals surface area contributed by atoms with Gasteiger partial charge in [-0.1, -0.05) is 43.3 Å². The highest BCUT2D eigenvalue weighted by molar-refractivity contribution is 5.89. The highest BCUT2D eigenvalue weighted by atomic mass is 16.5. The molecule has 0 spiro atoms. The normalized spacial score (nSPS) is 20.1. The number of piperidine rings is 1. The molecule has 2 aromatic carbocycles. The number of hydrogen-bond acceptors (Lipinski definition) is 4. The topological polar surface area (TPSA) is 73.4 Å². The maximum absolute atomic E-state index is 12.2. The van der Waals surface area contributed by atoms with E-state index in [2.05, 4.69) is 41.8 Å². The molecule has 0 aliphatic carbocycles. The van der Waals surface area contributed by atoms with Crippen molar-refractivity contribution in [2.45, 2.75) is 31.7 Å². The Morgan fingerprint density at radius 2 is 1.76 bits per heavy atom. The lowest BCUT2D eigenvalue weighted by Crippen LogP contribution is -2.60. The van der Waals surface area contributed by atoms with Gasteiger partial charge in [0.15, 0.2) is 0 Å². The fourth-order valence-corrected chi connectivity index (χ4v) is 3.32. The summed E-state index contributed by atoms with van der Waals surface area (Å²) >= 11 is 0. The fraction of sp³-hybridized carbons (Fsp3) is 0.350. The second kappa shape index (κ2) is 7.68.